The fourth-order valence-corrected chi connectivity index (χ4v) is 3.50. The largest absolute Gasteiger partial charge is 0.497 e. The topological polar surface area (TPSA) is 71.0 Å². The van der Waals surface area contributed by atoms with E-state index in [0.29, 0.717) is 16.6 Å². The Labute approximate surface area is 156 Å². The first-order valence-electron chi connectivity index (χ1n) is 8.08. The second-order valence-electron chi connectivity index (χ2n) is 5.71. The number of carbonyl (C=O) groups excluding carboxylic acids is 2. The van der Waals surface area contributed by atoms with Gasteiger partial charge in [0.2, 0.25) is 11.8 Å². The molecule has 0 aliphatic carbocycles. The summed E-state index contributed by atoms with van der Waals surface area (Å²) in [6.45, 7) is 0. The highest BCUT2D eigenvalue weighted by molar-refractivity contribution is 8.15. The van der Waals surface area contributed by atoms with Crippen molar-refractivity contribution in [3.05, 3.63) is 54.6 Å². The van der Waals surface area contributed by atoms with Crippen molar-refractivity contribution in [2.45, 2.75) is 11.7 Å². The molecule has 134 valence electrons. The highest BCUT2D eigenvalue weighted by atomic mass is 32.2. The lowest BCUT2D eigenvalue weighted by molar-refractivity contribution is -0.128. The average Bonchev–Trinajstić information content (AvgIpc) is 2.66. The van der Waals surface area contributed by atoms with Crippen LogP contribution >= 0.6 is 11.8 Å². The third-order valence-electron chi connectivity index (χ3n) is 3.88. The van der Waals surface area contributed by atoms with Crippen molar-refractivity contribution >= 4 is 40.1 Å². The molecule has 0 saturated carbocycles. The quantitative estimate of drug-likeness (QED) is 0.898. The van der Waals surface area contributed by atoms with Gasteiger partial charge in [0.05, 0.1) is 12.8 Å². The summed E-state index contributed by atoms with van der Waals surface area (Å²) in [4.78, 5) is 30.9. The molecule has 6 nitrogen and oxygen atoms in total. The van der Waals surface area contributed by atoms with E-state index in [1.165, 1.54) is 16.7 Å². The molecule has 1 fully saturated rings. The molecule has 1 aliphatic rings. The summed E-state index contributed by atoms with van der Waals surface area (Å²) in [6.07, 6.45) is 0.130. The number of rotatable bonds is 4. The first-order chi connectivity index (χ1) is 12.6. The number of hydrogen-bond donors (Lipinski definition) is 1. The second-order valence-corrected chi connectivity index (χ2v) is 6.88. The molecule has 7 heteroatoms. The number of amidine groups is 1. The molecular formula is C19H19N3O3S. The Kier molecular flexibility index (Phi) is 5.58. The zero-order valence-corrected chi connectivity index (χ0v) is 15.3. The smallest absolute Gasteiger partial charge is 0.238 e. The summed E-state index contributed by atoms with van der Waals surface area (Å²) in [5.41, 5.74) is 1.37. The lowest BCUT2D eigenvalue weighted by atomic mass is 10.2. The number of nitrogens with one attached hydrogen (secondary N) is 1. The van der Waals surface area contributed by atoms with Crippen molar-refractivity contribution in [2.24, 2.45) is 4.99 Å². The van der Waals surface area contributed by atoms with Crippen LogP contribution in [0.15, 0.2) is 59.6 Å². The Morgan fingerprint density at radius 1 is 1.23 bits per heavy atom. The fraction of sp³-hybridized carbons (Fsp3) is 0.211. The molecule has 1 atom stereocenters. The molecule has 2 amide bonds. The summed E-state index contributed by atoms with van der Waals surface area (Å²) >= 11 is 1.29. The van der Waals surface area contributed by atoms with Crippen molar-refractivity contribution in [3.63, 3.8) is 0 Å². The van der Waals surface area contributed by atoms with E-state index in [4.69, 9.17) is 4.74 Å². The summed E-state index contributed by atoms with van der Waals surface area (Å²) in [5, 5.41) is 2.82. The minimum atomic E-state index is -0.535. The van der Waals surface area contributed by atoms with Gasteiger partial charge in [0.1, 0.15) is 11.0 Å². The number of hydrogen-bond acceptors (Lipinski definition) is 5. The maximum atomic E-state index is 12.6. The molecule has 1 aliphatic heterocycles. The van der Waals surface area contributed by atoms with Gasteiger partial charge >= 0.3 is 0 Å². The van der Waals surface area contributed by atoms with Crippen molar-refractivity contribution in [3.8, 4) is 5.75 Å². The van der Waals surface area contributed by atoms with Gasteiger partial charge in [-0.2, -0.15) is 0 Å². The molecule has 2 aromatic carbocycles. The Hall–Kier alpha value is -2.80. The van der Waals surface area contributed by atoms with Gasteiger partial charge in [0.15, 0.2) is 5.17 Å². The standard InChI is InChI=1S/C19H19N3O3S/c1-22-17(23)12-16(26-19(22)21-13-7-4-3-5-8-13)18(24)20-14-9-6-10-15(11-14)25-2/h3-11,16H,12H2,1-2H3,(H,20,24)/t16-/m0/s1. The maximum Gasteiger partial charge on any atom is 0.238 e. The van der Waals surface area contributed by atoms with Crippen LogP contribution in [0.25, 0.3) is 0 Å². The van der Waals surface area contributed by atoms with Gasteiger partial charge in [0.25, 0.3) is 0 Å². The number of methoxy groups -OCH3 is 1. The van der Waals surface area contributed by atoms with E-state index in [2.05, 4.69) is 10.3 Å². The zero-order valence-electron chi connectivity index (χ0n) is 14.5. The molecule has 0 bridgehead atoms. The van der Waals surface area contributed by atoms with E-state index in [9.17, 15) is 9.59 Å². The molecule has 0 aromatic heterocycles. The number of aliphatic imine (C=N–C) groups is 1. The van der Waals surface area contributed by atoms with E-state index in [0.717, 1.165) is 5.69 Å². The molecule has 1 saturated heterocycles. The predicted molar refractivity (Wildman–Crippen MR) is 104 cm³/mol. The number of carbonyl (C=O) groups is 2. The molecule has 0 unspecified atom stereocenters. The number of thioether (sulfide) groups is 1. The predicted octanol–water partition coefficient (Wildman–Crippen LogP) is 3.29. The second kappa shape index (κ2) is 8.05. The van der Waals surface area contributed by atoms with Gasteiger partial charge in [-0.1, -0.05) is 36.0 Å². The minimum absolute atomic E-state index is 0.130. The molecule has 26 heavy (non-hydrogen) atoms. The van der Waals surface area contributed by atoms with Crippen LogP contribution in [-0.4, -0.2) is 41.3 Å². The Morgan fingerprint density at radius 2 is 2.00 bits per heavy atom. The van der Waals surface area contributed by atoms with Crippen LogP contribution in [-0.2, 0) is 9.59 Å². The van der Waals surface area contributed by atoms with Crippen molar-refractivity contribution in [1.29, 1.82) is 0 Å². The third-order valence-corrected chi connectivity index (χ3v) is 5.12. The first-order valence-corrected chi connectivity index (χ1v) is 8.96. The lowest BCUT2D eigenvalue weighted by Crippen LogP contribution is -2.43. The van der Waals surface area contributed by atoms with E-state index >= 15 is 0 Å². The third kappa shape index (κ3) is 4.23. The number of benzene rings is 2. The van der Waals surface area contributed by atoms with E-state index in [-0.39, 0.29) is 18.2 Å². The monoisotopic (exact) mass is 369 g/mol. The Bertz CT molecular complexity index is 839. The number of ether oxygens (including phenoxy) is 1. The van der Waals surface area contributed by atoms with Crippen molar-refractivity contribution in [1.82, 2.24) is 4.90 Å². The number of anilines is 1. The van der Waals surface area contributed by atoms with Crippen LogP contribution < -0.4 is 10.1 Å². The normalized spacial score (nSPS) is 18.7. The van der Waals surface area contributed by atoms with Crippen LogP contribution in [0.3, 0.4) is 0 Å². The SMILES string of the molecule is COc1cccc(NC(=O)[C@@H]2CC(=O)N(C)C(=Nc3ccccc3)S2)c1. The van der Waals surface area contributed by atoms with Crippen LogP contribution in [0.4, 0.5) is 11.4 Å². The van der Waals surface area contributed by atoms with E-state index in [1.807, 2.05) is 30.3 Å². The molecule has 0 spiro atoms. The van der Waals surface area contributed by atoms with Crippen LogP contribution in [0.1, 0.15) is 6.42 Å². The molecule has 0 radical (unpaired) electrons. The van der Waals surface area contributed by atoms with Gasteiger partial charge in [-0.25, -0.2) is 4.99 Å². The highest BCUT2D eigenvalue weighted by Gasteiger charge is 2.34. The van der Waals surface area contributed by atoms with E-state index < -0.39 is 5.25 Å². The average molecular weight is 369 g/mol. The Balaban J connectivity index is 1.76. The Morgan fingerprint density at radius 3 is 2.73 bits per heavy atom. The van der Waals surface area contributed by atoms with E-state index in [1.54, 1.807) is 38.4 Å². The van der Waals surface area contributed by atoms with Gasteiger partial charge in [-0.15, -0.1) is 0 Å². The summed E-state index contributed by atoms with van der Waals surface area (Å²) in [6, 6.07) is 16.5. The molecule has 2 aromatic rings. The molecular weight excluding hydrogens is 350 g/mol. The van der Waals surface area contributed by atoms with Gasteiger partial charge in [-0.3, -0.25) is 14.5 Å². The minimum Gasteiger partial charge on any atom is -0.497 e. The maximum absolute atomic E-state index is 12.6. The molecule has 1 N–H and O–H groups in total. The lowest BCUT2D eigenvalue weighted by Gasteiger charge is -2.28. The van der Waals surface area contributed by atoms with Gasteiger partial charge < -0.3 is 10.1 Å². The number of nitrogens with zero attached hydrogens (tertiary/aromatic N) is 2. The first kappa shape index (κ1) is 18.0. The number of para-hydroxylation sites is 1. The van der Waals surface area contributed by atoms with Gasteiger partial charge in [0, 0.05) is 25.2 Å². The summed E-state index contributed by atoms with van der Waals surface area (Å²) in [5.74, 6) is 0.288. The van der Waals surface area contributed by atoms with Gasteiger partial charge in [-0.05, 0) is 24.3 Å². The van der Waals surface area contributed by atoms with Crippen LogP contribution in [0.5, 0.6) is 5.75 Å². The number of amides is 2. The fourth-order valence-electron chi connectivity index (χ4n) is 2.43. The van der Waals surface area contributed by atoms with Crippen molar-refractivity contribution < 1.29 is 14.3 Å². The van der Waals surface area contributed by atoms with Crippen LogP contribution in [0, 0.1) is 0 Å². The van der Waals surface area contributed by atoms with Crippen LogP contribution in [0.2, 0.25) is 0 Å². The summed E-state index contributed by atoms with van der Waals surface area (Å²) in [7, 11) is 3.24. The highest BCUT2D eigenvalue weighted by Crippen LogP contribution is 2.29. The zero-order chi connectivity index (χ0) is 18.5. The summed E-state index contributed by atoms with van der Waals surface area (Å²) < 4.78 is 5.16. The molecule has 1 heterocycles. The molecule has 3 rings (SSSR count). The van der Waals surface area contributed by atoms with Crippen molar-refractivity contribution in [2.75, 3.05) is 19.5 Å².